The van der Waals surface area contributed by atoms with Gasteiger partial charge in [0, 0.05) is 11.8 Å². The molecule has 2 atom stereocenters. The fourth-order valence-electron chi connectivity index (χ4n) is 7.04. The van der Waals surface area contributed by atoms with Crippen molar-refractivity contribution >= 4 is 102 Å². The molecule has 0 N–H and O–H groups in total. The van der Waals surface area contributed by atoms with Crippen molar-refractivity contribution < 1.29 is 96.4 Å². The number of ether oxygens (including phenoxy) is 4. The average Bonchev–Trinajstić information content (AvgIpc) is 3.46. The second-order valence-electron chi connectivity index (χ2n) is 20.2. The maximum atomic E-state index is 12.9. The predicted octanol–water partition coefficient (Wildman–Crippen LogP) is 9.26. The SMILES string of the molecule is C=C[Si](C)(C)c1ccc(C(=O)OOC(=O)OCCC(COC(=O)OOC(=O)c2ccc([Si](C)(C)C=C)cc2)C(CCOC(=O)OOC(=O)c2ccc([Si](C)(C)C=C)cc2)COC(=O)OOC(=O)c2ccc([Si](C)(C)C=C)cc2)cc1. The fraction of sp³-hybridized carbons (Fsp3) is 0.286. The van der Waals surface area contributed by atoms with Crippen molar-refractivity contribution in [2.75, 3.05) is 26.4 Å². The Balaban J connectivity index is 1.48. The Bertz CT molecular complexity index is 2670. The lowest BCUT2D eigenvalue weighted by molar-refractivity contribution is -0.208. The molecule has 426 valence electrons. The molecule has 0 bridgehead atoms. The third kappa shape index (κ3) is 19.5. The van der Waals surface area contributed by atoms with E-state index < -0.39 is 119 Å². The largest absolute Gasteiger partial charge is 0.549 e. The lowest BCUT2D eigenvalue weighted by Crippen LogP contribution is -2.39. The monoisotopic (exact) mass is 1170 g/mol. The summed E-state index contributed by atoms with van der Waals surface area (Å²) in [6.45, 7) is 29.7. The van der Waals surface area contributed by atoms with Crippen LogP contribution in [0.25, 0.3) is 0 Å². The maximum Gasteiger partial charge on any atom is 0.549 e. The summed E-state index contributed by atoms with van der Waals surface area (Å²) >= 11 is 0. The topological polar surface area (TPSA) is 247 Å². The van der Waals surface area contributed by atoms with Crippen LogP contribution in [0.4, 0.5) is 19.2 Å². The summed E-state index contributed by atoms with van der Waals surface area (Å²) in [4.78, 5) is 140. The maximum absolute atomic E-state index is 12.9. The Morgan fingerprint density at radius 1 is 0.338 bits per heavy atom. The number of carbonyl (C=O) groups is 8. The van der Waals surface area contributed by atoms with Gasteiger partial charge in [0.2, 0.25) is 0 Å². The molecule has 2 unspecified atom stereocenters. The lowest BCUT2D eigenvalue weighted by Gasteiger charge is -2.25. The molecule has 24 heteroatoms. The zero-order chi connectivity index (χ0) is 59.3. The number of benzene rings is 4. The summed E-state index contributed by atoms with van der Waals surface area (Å²) in [6, 6.07) is 25.8. The van der Waals surface area contributed by atoms with E-state index in [9.17, 15) is 38.4 Å². The number of carbonyl (C=O) groups excluding carboxylic acids is 8. The van der Waals surface area contributed by atoms with Crippen LogP contribution in [0, 0.1) is 11.8 Å². The normalized spacial score (nSPS) is 12.1. The molecule has 0 radical (unpaired) electrons. The summed E-state index contributed by atoms with van der Waals surface area (Å²) in [6.07, 6.45) is -6.44. The van der Waals surface area contributed by atoms with E-state index in [1.54, 1.807) is 48.5 Å². The Labute approximate surface area is 467 Å². The van der Waals surface area contributed by atoms with Crippen molar-refractivity contribution in [2.24, 2.45) is 11.8 Å². The first-order valence-electron chi connectivity index (χ1n) is 24.9. The highest BCUT2D eigenvalue weighted by atomic mass is 28.3. The van der Waals surface area contributed by atoms with Gasteiger partial charge in [-0.25, -0.2) is 58.3 Å². The molecule has 20 nitrogen and oxygen atoms in total. The van der Waals surface area contributed by atoms with Gasteiger partial charge in [-0.2, -0.15) is 19.2 Å². The van der Waals surface area contributed by atoms with Crippen molar-refractivity contribution in [3.05, 3.63) is 168 Å². The van der Waals surface area contributed by atoms with E-state index in [1.165, 1.54) is 48.5 Å². The van der Waals surface area contributed by atoms with Crippen LogP contribution in [-0.4, -0.2) is 107 Å². The standard InChI is InChI=1S/C56H66O20Si4/c1-13-77(5,6)45-25-17-39(18-26-45)49(57)69-73-53(61)65-35-33-43(37-67-55(63)75-71-51(59)41-21-29-47(30-22-41)79(9,10)15-3)44(38-68-56(64)76-72-52(60)42-23-31-48(32-24-42)80(11,12)16-4)34-36-66-54(62)74-70-50(58)40-19-27-46(28-20-40)78(7,8)14-2/h13-32,43-44H,1-4,33-38H2,5-12H3. The van der Waals surface area contributed by atoms with Gasteiger partial charge in [-0.15, -0.1) is 26.3 Å². The van der Waals surface area contributed by atoms with Crippen LogP contribution in [0.2, 0.25) is 52.4 Å². The second-order valence-corrected chi connectivity index (χ2v) is 38.0. The highest BCUT2D eigenvalue weighted by Gasteiger charge is 2.30. The van der Waals surface area contributed by atoms with Crippen LogP contribution in [-0.2, 0) is 58.0 Å². The van der Waals surface area contributed by atoms with Crippen LogP contribution >= 0.6 is 0 Å². The molecule has 4 aromatic carbocycles. The minimum atomic E-state index is -1.96. The van der Waals surface area contributed by atoms with Gasteiger partial charge in [0.15, 0.2) is 0 Å². The number of rotatable bonds is 23. The van der Waals surface area contributed by atoms with Gasteiger partial charge in [0.05, 0.1) is 48.7 Å². The summed E-state index contributed by atoms with van der Waals surface area (Å²) in [5.74, 6) is -6.18. The molecular formula is C56H66O20Si4. The summed E-state index contributed by atoms with van der Waals surface area (Å²) < 4.78 is 20.9. The molecule has 4 aromatic rings. The highest BCUT2D eigenvalue weighted by molar-refractivity contribution is 6.95. The van der Waals surface area contributed by atoms with E-state index in [0.717, 1.165) is 20.7 Å². The van der Waals surface area contributed by atoms with E-state index in [-0.39, 0.29) is 35.1 Å². The molecule has 0 saturated carbocycles. The first-order chi connectivity index (χ1) is 37.7. The smallest absolute Gasteiger partial charge is 0.432 e. The molecule has 4 rings (SSSR count). The van der Waals surface area contributed by atoms with Gasteiger partial charge in [0.1, 0.15) is 32.3 Å². The minimum absolute atomic E-state index is 0.0494. The first kappa shape index (κ1) is 64.2. The molecule has 80 heavy (non-hydrogen) atoms. The van der Waals surface area contributed by atoms with Crippen LogP contribution in [0.15, 0.2) is 146 Å². The predicted molar refractivity (Wildman–Crippen MR) is 303 cm³/mol. The zero-order valence-electron chi connectivity index (χ0n) is 45.9. The number of hydrogen-bond acceptors (Lipinski definition) is 20. The lowest BCUT2D eigenvalue weighted by atomic mass is 9.88. The molecule has 0 aliphatic carbocycles. The quantitative estimate of drug-likeness (QED) is 0.0221. The van der Waals surface area contributed by atoms with Crippen LogP contribution < -0.4 is 20.7 Å². The van der Waals surface area contributed by atoms with Gasteiger partial charge in [0.25, 0.3) is 0 Å². The summed E-state index contributed by atoms with van der Waals surface area (Å²) in [5.41, 5.74) is 7.74. The molecule has 0 spiro atoms. The molecule has 0 aliphatic rings. The third-order valence-electron chi connectivity index (χ3n) is 13.2. The number of hydrogen-bond donors (Lipinski definition) is 0. The van der Waals surface area contributed by atoms with Crippen molar-refractivity contribution in [2.45, 2.75) is 65.2 Å². The average molecular weight is 1170 g/mol. The molecule has 0 saturated heterocycles. The Kier molecular flexibility index (Phi) is 23.7. The van der Waals surface area contributed by atoms with Gasteiger partial charge in [-0.1, -0.05) is 144 Å². The van der Waals surface area contributed by atoms with Gasteiger partial charge >= 0.3 is 48.5 Å². The summed E-state index contributed by atoms with van der Waals surface area (Å²) in [5, 5.41) is 3.93. The molecule has 0 heterocycles. The molecule has 0 amide bonds. The Morgan fingerprint density at radius 2 is 0.537 bits per heavy atom. The zero-order valence-corrected chi connectivity index (χ0v) is 49.9. The summed E-state index contributed by atoms with van der Waals surface area (Å²) in [7, 11) is -7.81. The van der Waals surface area contributed by atoms with Crippen molar-refractivity contribution in [3.8, 4) is 0 Å². The first-order valence-corrected chi connectivity index (χ1v) is 37.3. The van der Waals surface area contributed by atoms with Crippen molar-refractivity contribution in [3.63, 3.8) is 0 Å². The van der Waals surface area contributed by atoms with E-state index in [1.807, 2.05) is 22.8 Å². The molecule has 0 fully saturated rings. The second kappa shape index (κ2) is 29.6. The molecule has 0 aliphatic heterocycles. The van der Waals surface area contributed by atoms with Crippen molar-refractivity contribution in [1.29, 1.82) is 0 Å². The van der Waals surface area contributed by atoms with Crippen LogP contribution in [0.5, 0.6) is 0 Å². The van der Waals surface area contributed by atoms with E-state index in [0.29, 0.717) is 0 Å². The van der Waals surface area contributed by atoms with Gasteiger partial charge < -0.3 is 18.9 Å². The third-order valence-corrected chi connectivity index (χ3v) is 24.5. The Morgan fingerprint density at radius 3 is 0.738 bits per heavy atom. The van der Waals surface area contributed by atoms with Crippen LogP contribution in [0.1, 0.15) is 54.3 Å². The van der Waals surface area contributed by atoms with Gasteiger partial charge in [-0.3, -0.25) is 0 Å². The van der Waals surface area contributed by atoms with E-state index >= 15 is 0 Å². The highest BCUT2D eigenvalue weighted by Crippen LogP contribution is 2.23. The van der Waals surface area contributed by atoms with Gasteiger partial charge in [-0.05, 0) is 61.4 Å². The van der Waals surface area contributed by atoms with E-state index in [4.69, 9.17) is 28.7 Å². The Hall–Kier alpha value is -8.33. The minimum Gasteiger partial charge on any atom is -0.432 e. The molecular weight excluding hydrogens is 1100 g/mol. The van der Waals surface area contributed by atoms with E-state index in [2.05, 4.69) is 108 Å². The van der Waals surface area contributed by atoms with Crippen LogP contribution in [0.3, 0.4) is 0 Å². The van der Waals surface area contributed by atoms with Crippen molar-refractivity contribution in [1.82, 2.24) is 0 Å². The molecule has 0 aromatic heterocycles. The fourth-order valence-corrected chi connectivity index (χ4v) is 12.1.